The number of carbonyl (C=O) groups is 1. The van der Waals surface area contributed by atoms with E-state index in [1.807, 2.05) is 0 Å². The van der Waals surface area contributed by atoms with Crippen molar-refractivity contribution in [1.82, 2.24) is 0 Å². The Labute approximate surface area is 120 Å². The number of aliphatic hydroxyl groups is 1. The molecule has 1 rings (SSSR count). The van der Waals surface area contributed by atoms with Gasteiger partial charge < -0.3 is 9.84 Å². The van der Waals surface area contributed by atoms with Crippen LogP contribution in [0, 0.1) is 0 Å². The van der Waals surface area contributed by atoms with Crippen molar-refractivity contribution in [2.75, 3.05) is 6.61 Å². The molecule has 5 nitrogen and oxygen atoms in total. The average molecular weight is 303 g/mol. The summed E-state index contributed by atoms with van der Waals surface area (Å²) in [5.41, 5.74) is 0.0958. The van der Waals surface area contributed by atoms with E-state index in [9.17, 15) is 9.90 Å². The second kappa shape index (κ2) is 7.11. The van der Waals surface area contributed by atoms with Gasteiger partial charge in [-0.05, 0) is 32.0 Å². The lowest BCUT2D eigenvalue weighted by molar-refractivity contribution is -0.138. The normalized spacial score (nSPS) is 12.4. The number of azo groups is 1. The number of hydrogen-bond donors (Lipinski definition) is 1. The summed E-state index contributed by atoms with van der Waals surface area (Å²) in [6, 6.07) is 4.58. The molecule has 0 aliphatic carbocycles. The Morgan fingerprint density at radius 3 is 2.37 bits per heavy atom. The van der Waals surface area contributed by atoms with Gasteiger partial charge in [0.2, 0.25) is 5.70 Å². The quantitative estimate of drug-likeness (QED) is 0.387. The van der Waals surface area contributed by atoms with E-state index in [1.54, 1.807) is 13.0 Å². The van der Waals surface area contributed by atoms with Crippen LogP contribution in [0.5, 0.6) is 0 Å². The van der Waals surface area contributed by atoms with E-state index >= 15 is 0 Å². The van der Waals surface area contributed by atoms with Crippen molar-refractivity contribution < 1.29 is 14.6 Å². The van der Waals surface area contributed by atoms with E-state index in [0.29, 0.717) is 15.7 Å². The van der Waals surface area contributed by atoms with Crippen molar-refractivity contribution in [1.29, 1.82) is 0 Å². The minimum Gasteiger partial charge on any atom is -0.510 e. The molecular weight excluding hydrogens is 291 g/mol. The molecule has 0 fully saturated rings. The van der Waals surface area contributed by atoms with Crippen molar-refractivity contribution in [2.45, 2.75) is 13.8 Å². The molecule has 7 heteroatoms. The van der Waals surface area contributed by atoms with Crippen molar-refractivity contribution in [3.05, 3.63) is 39.7 Å². The van der Waals surface area contributed by atoms with Crippen LogP contribution in [0.2, 0.25) is 10.0 Å². The Morgan fingerprint density at radius 1 is 1.32 bits per heavy atom. The Balaban J connectivity index is 3.00. The van der Waals surface area contributed by atoms with Crippen molar-refractivity contribution in [3.63, 3.8) is 0 Å². The highest BCUT2D eigenvalue weighted by molar-refractivity contribution is 6.35. The molecule has 0 spiro atoms. The topological polar surface area (TPSA) is 71.2 Å². The molecule has 19 heavy (non-hydrogen) atoms. The van der Waals surface area contributed by atoms with Gasteiger partial charge in [-0.1, -0.05) is 23.2 Å². The first-order valence-corrected chi connectivity index (χ1v) is 6.14. The molecule has 0 aliphatic heterocycles. The van der Waals surface area contributed by atoms with Gasteiger partial charge in [0.15, 0.2) is 0 Å². The van der Waals surface area contributed by atoms with Crippen LogP contribution in [0.25, 0.3) is 0 Å². The summed E-state index contributed by atoms with van der Waals surface area (Å²) in [5.74, 6) is -1.03. The smallest absolute Gasteiger partial charge is 0.362 e. The van der Waals surface area contributed by atoms with Gasteiger partial charge in [-0.3, -0.25) is 0 Å². The number of rotatable bonds is 4. The first-order chi connectivity index (χ1) is 8.93. The summed E-state index contributed by atoms with van der Waals surface area (Å²) < 4.78 is 4.74. The van der Waals surface area contributed by atoms with Crippen molar-refractivity contribution in [3.8, 4) is 0 Å². The van der Waals surface area contributed by atoms with E-state index < -0.39 is 5.97 Å². The Hall–Kier alpha value is -1.59. The first kappa shape index (κ1) is 15.5. The van der Waals surface area contributed by atoms with Crippen molar-refractivity contribution >= 4 is 34.9 Å². The summed E-state index contributed by atoms with van der Waals surface area (Å²) in [7, 11) is 0. The summed E-state index contributed by atoms with van der Waals surface area (Å²) in [6.45, 7) is 3.14. The number of allylic oxidation sites excluding steroid dienone is 1. The fourth-order valence-corrected chi connectivity index (χ4v) is 1.68. The van der Waals surface area contributed by atoms with Gasteiger partial charge >= 0.3 is 5.97 Å². The molecule has 102 valence electrons. The number of hydrogen-bond acceptors (Lipinski definition) is 5. The highest BCUT2D eigenvalue weighted by Crippen LogP contribution is 2.25. The van der Waals surface area contributed by atoms with Crippen LogP contribution in [0.15, 0.2) is 39.9 Å². The van der Waals surface area contributed by atoms with E-state index in [1.165, 1.54) is 19.1 Å². The molecule has 1 aromatic rings. The second-order valence-corrected chi connectivity index (χ2v) is 4.36. The molecule has 0 amide bonds. The number of aliphatic hydroxyl groups excluding tert-OH is 1. The van der Waals surface area contributed by atoms with Crippen LogP contribution >= 0.6 is 23.2 Å². The van der Waals surface area contributed by atoms with Gasteiger partial charge in [-0.25, -0.2) is 4.79 Å². The SMILES string of the molecule is CCOC(=O)/C(N=Nc1cc(Cl)cc(Cl)c1)=C(\C)O. The zero-order chi connectivity index (χ0) is 14.4. The molecule has 0 unspecified atom stereocenters. The summed E-state index contributed by atoms with van der Waals surface area (Å²) >= 11 is 11.6. The van der Waals surface area contributed by atoms with Gasteiger partial charge in [-0.15, -0.1) is 5.11 Å². The lowest BCUT2D eigenvalue weighted by Crippen LogP contribution is -2.07. The van der Waals surface area contributed by atoms with Gasteiger partial charge in [0.1, 0.15) is 5.76 Å². The highest BCUT2D eigenvalue weighted by atomic mass is 35.5. The fourth-order valence-electron chi connectivity index (χ4n) is 1.17. The minimum atomic E-state index is -0.751. The van der Waals surface area contributed by atoms with Gasteiger partial charge in [0, 0.05) is 10.0 Å². The number of esters is 1. The number of ether oxygens (including phenoxy) is 1. The minimum absolute atomic E-state index is 0.175. The zero-order valence-electron chi connectivity index (χ0n) is 10.4. The lowest BCUT2D eigenvalue weighted by atomic mass is 10.3. The molecule has 0 aliphatic rings. The zero-order valence-corrected chi connectivity index (χ0v) is 11.9. The maximum absolute atomic E-state index is 11.5. The molecule has 1 N–H and O–H groups in total. The van der Waals surface area contributed by atoms with Crippen LogP contribution in [0.4, 0.5) is 5.69 Å². The maximum Gasteiger partial charge on any atom is 0.362 e. The summed E-state index contributed by atoms with van der Waals surface area (Å²) in [5, 5.41) is 17.6. The van der Waals surface area contributed by atoms with Gasteiger partial charge in [-0.2, -0.15) is 5.11 Å². The molecular formula is C12H12Cl2N2O3. The van der Waals surface area contributed by atoms with Crippen LogP contribution in [0.3, 0.4) is 0 Å². The second-order valence-electron chi connectivity index (χ2n) is 3.48. The maximum atomic E-state index is 11.5. The molecule has 0 atom stereocenters. The Bertz CT molecular complexity index is 518. The largest absolute Gasteiger partial charge is 0.510 e. The predicted octanol–water partition coefficient (Wildman–Crippen LogP) is 4.43. The number of carbonyl (C=O) groups excluding carboxylic acids is 1. The fraction of sp³-hybridized carbons (Fsp3) is 0.250. The molecule has 0 radical (unpaired) electrons. The lowest BCUT2D eigenvalue weighted by Gasteiger charge is -2.02. The monoisotopic (exact) mass is 302 g/mol. The summed E-state index contributed by atoms with van der Waals surface area (Å²) in [6.07, 6.45) is 0. The average Bonchev–Trinajstić information content (AvgIpc) is 2.27. The molecule has 0 saturated carbocycles. The van der Waals surface area contributed by atoms with Crippen molar-refractivity contribution in [2.24, 2.45) is 10.2 Å². The third-order valence-corrected chi connectivity index (χ3v) is 2.36. The Kier molecular flexibility index (Phi) is 5.79. The predicted molar refractivity (Wildman–Crippen MR) is 72.9 cm³/mol. The molecule has 0 aromatic heterocycles. The summed E-state index contributed by atoms with van der Waals surface area (Å²) in [4.78, 5) is 11.5. The van der Waals surface area contributed by atoms with Gasteiger partial charge in [0.25, 0.3) is 0 Å². The third-order valence-electron chi connectivity index (χ3n) is 1.92. The number of halogens is 2. The highest BCUT2D eigenvalue weighted by Gasteiger charge is 2.13. The molecule has 1 aromatic carbocycles. The van der Waals surface area contributed by atoms with E-state index in [0.717, 1.165) is 0 Å². The van der Waals surface area contributed by atoms with E-state index in [4.69, 9.17) is 27.9 Å². The van der Waals surface area contributed by atoms with E-state index in [2.05, 4.69) is 10.2 Å². The van der Waals surface area contributed by atoms with Crippen LogP contribution in [-0.2, 0) is 9.53 Å². The number of benzene rings is 1. The van der Waals surface area contributed by atoms with Gasteiger partial charge in [0.05, 0.1) is 12.3 Å². The molecule has 0 heterocycles. The first-order valence-electron chi connectivity index (χ1n) is 5.38. The Morgan fingerprint density at radius 2 is 1.89 bits per heavy atom. The van der Waals surface area contributed by atoms with E-state index in [-0.39, 0.29) is 18.1 Å². The number of nitrogens with zero attached hydrogens (tertiary/aromatic N) is 2. The van der Waals surface area contributed by atoms with Crippen LogP contribution < -0.4 is 0 Å². The third kappa shape index (κ3) is 4.89. The molecule has 0 bridgehead atoms. The van der Waals surface area contributed by atoms with Crippen LogP contribution in [0.1, 0.15) is 13.8 Å². The van der Waals surface area contributed by atoms with Crippen LogP contribution in [-0.4, -0.2) is 17.7 Å². The standard InChI is InChI=1S/C12H12Cl2N2O3/c1-3-19-12(18)11(7(2)17)16-15-10-5-8(13)4-9(14)6-10/h4-6,17H,3H2,1-2H3/b11-7-,16-15?. The molecule has 0 saturated heterocycles.